The molecule has 0 bridgehead atoms. The van der Waals surface area contributed by atoms with Gasteiger partial charge in [0.25, 0.3) is 5.91 Å². The standard InChI is InChI=1S/C26H27FN2O2S/c1-3-13-28(26(31)20-5-4-6-21(27)16-20)17-24(30)29-14-11-23-22(12-15-32-23)25(29)19-9-7-18(2)8-10-19/h4-10,12,15-16,25H,3,11,13-14,17H2,1-2H3. The molecule has 1 atom stereocenters. The van der Waals surface area contributed by atoms with E-state index in [0.717, 1.165) is 17.5 Å². The first-order valence-corrected chi connectivity index (χ1v) is 11.8. The van der Waals surface area contributed by atoms with Gasteiger partial charge < -0.3 is 9.80 Å². The highest BCUT2D eigenvalue weighted by atomic mass is 32.1. The number of fused-ring (bicyclic) bond motifs is 1. The number of rotatable bonds is 6. The lowest BCUT2D eigenvalue weighted by Crippen LogP contribution is -2.47. The average Bonchev–Trinajstić information content (AvgIpc) is 3.27. The Morgan fingerprint density at radius 1 is 1.16 bits per heavy atom. The van der Waals surface area contributed by atoms with Gasteiger partial charge in [-0.05, 0) is 60.5 Å². The van der Waals surface area contributed by atoms with Crippen LogP contribution in [0.5, 0.6) is 0 Å². The van der Waals surface area contributed by atoms with E-state index in [-0.39, 0.29) is 30.0 Å². The molecule has 2 aromatic carbocycles. The molecule has 1 unspecified atom stereocenters. The topological polar surface area (TPSA) is 40.6 Å². The van der Waals surface area contributed by atoms with Crippen LogP contribution in [0.3, 0.4) is 0 Å². The number of carbonyl (C=O) groups is 2. The second-order valence-electron chi connectivity index (χ2n) is 8.19. The number of halogens is 1. The average molecular weight is 451 g/mol. The summed E-state index contributed by atoms with van der Waals surface area (Å²) in [6, 6.07) is 15.9. The summed E-state index contributed by atoms with van der Waals surface area (Å²) in [5.74, 6) is -0.871. The first-order chi connectivity index (χ1) is 15.5. The predicted octanol–water partition coefficient (Wildman–Crippen LogP) is 5.22. The minimum Gasteiger partial charge on any atom is -0.330 e. The lowest BCUT2D eigenvalue weighted by molar-refractivity contribution is -0.134. The molecule has 166 valence electrons. The van der Waals surface area contributed by atoms with Crippen molar-refractivity contribution in [1.82, 2.24) is 9.80 Å². The van der Waals surface area contributed by atoms with Gasteiger partial charge >= 0.3 is 0 Å². The van der Waals surface area contributed by atoms with Crippen molar-refractivity contribution in [2.75, 3.05) is 19.6 Å². The van der Waals surface area contributed by atoms with Crippen LogP contribution in [0.2, 0.25) is 0 Å². The number of aryl methyl sites for hydroxylation is 1. The quantitative estimate of drug-likeness (QED) is 0.516. The van der Waals surface area contributed by atoms with E-state index in [2.05, 4.69) is 35.7 Å². The van der Waals surface area contributed by atoms with E-state index in [1.807, 2.05) is 18.7 Å². The first-order valence-electron chi connectivity index (χ1n) is 10.9. The van der Waals surface area contributed by atoms with Gasteiger partial charge in [0, 0.05) is 23.5 Å². The third-order valence-corrected chi connectivity index (χ3v) is 6.85. The van der Waals surface area contributed by atoms with Crippen LogP contribution in [-0.4, -0.2) is 41.2 Å². The van der Waals surface area contributed by atoms with Crippen molar-refractivity contribution in [3.05, 3.63) is 92.9 Å². The SMILES string of the molecule is CCCN(CC(=O)N1CCc2sccc2C1c1ccc(C)cc1)C(=O)c1cccc(F)c1. The van der Waals surface area contributed by atoms with E-state index in [1.54, 1.807) is 17.4 Å². The third-order valence-electron chi connectivity index (χ3n) is 5.86. The molecule has 6 heteroatoms. The molecule has 3 aromatic rings. The summed E-state index contributed by atoms with van der Waals surface area (Å²) >= 11 is 1.73. The Kier molecular flexibility index (Phi) is 6.70. The maximum atomic E-state index is 13.7. The van der Waals surface area contributed by atoms with Crippen molar-refractivity contribution in [3.63, 3.8) is 0 Å². The van der Waals surface area contributed by atoms with Crippen molar-refractivity contribution in [3.8, 4) is 0 Å². The highest BCUT2D eigenvalue weighted by molar-refractivity contribution is 7.10. The van der Waals surface area contributed by atoms with Crippen molar-refractivity contribution in [2.24, 2.45) is 0 Å². The van der Waals surface area contributed by atoms with E-state index in [9.17, 15) is 14.0 Å². The van der Waals surface area contributed by atoms with Gasteiger partial charge in [0.05, 0.1) is 6.04 Å². The zero-order valence-corrected chi connectivity index (χ0v) is 19.2. The van der Waals surface area contributed by atoms with E-state index in [1.165, 1.54) is 33.5 Å². The molecule has 1 aromatic heterocycles. The molecule has 4 nitrogen and oxygen atoms in total. The second kappa shape index (κ2) is 9.65. The molecule has 0 saturated carbocycles. The molecule has 1 aliphatic heterocycles. The molecule has 0 spiro atoms. The maximum absolute atomic E-state index is 13.7. The van der Waals surface area contributed by atoms with Gasteiger partial charge in [-0.2, -0.15) is 0 Å². The summed E-state index contributed by atoms with van der Waals surface area (Å²) in [5.41, 5.74) is 3.67. The van der Waals surface area contributed by atoms with Crippen molar-refractivity contribution in [2.45, 2.75) is 32.7 Å². The molecule has 0 fully saturated rings. The smallest absolute Gasteiger partial charge is 0.254 e. The number of carbonyl (C=O) groups excluding carboxylic acids is 2. The van der Waals surface area contributed by atoms with Crippen LogP contribution in [0.1, 0.15) is 51.3 Å². The first kappa shape index (κ1) is 22.2. The lowest BCUT2D eigenvalue weighted by atomic mass is 9.92. The fraction of sp³-hybridized carbons (Fsp3) is 0.308. The molecule has 0 saturated heterocycles. The van der Waals surface area contributed by atoms with Crippen LogP contribution in [0.15, 0.2) is 60.0 Å². The third kappa shape index (κ3) is 4.60. The van der Waals surface area contributed by atoms with Crippen molar-refractivity contribution < 1.29 is 14.0 Å². The molecule has 1 aliphatic rings. The number of hydrogen-bond acceptors (Lipinski definition) is 3. The largest absolute Gasteiger partial charge is 0.330 e. The zero-order valence-electron chi connectivity index (χ0n) is 18.4. The highest BCUT2D eigenvalue weighted by Gasteiger charge is 2.34. The van der Waals surface area contributed by atoms with E-state index >= 15 is 0 Å². The molecular formula is C26H27FN2O2S. The molecule has 2 heterocycles. The van der Waals surface area contributed by atoms with Gasteiger partial charge in [0.2, 0.25) is 5.91 Å². The maximum Gasteiger partial charge on any atom is 0.254 e. The van der Waals surface area contributed by atoms with Crippen LogP contribution in [0, 0.1) is 12.7 Å². The number of hydrogen-bond donors (Lipinski definition) is 0. The normalized spacial score (nSPS) is 15.3. The number of thiophene rings is 1. The van der Waals surface area contributed by atoms with Crippen LogP contribution >= 0.6 is 11.3 Å². The molecular weight excluding hydrogens is 423 g/mol. The van der Waals surface area contributed by atoms with Gasteiger partial charge in [-0.15, -0.1) is 11.3 Å². The Morgan fingerprint density at radius 3 is 2.66 bits per heavy atom. The molecule has 2 amide bonds. The van der Waals surface area contributed by atoms with E-state index in [4.69, 9.17) is 0 Å². The van der Waals surface area contributed by atoms with Crippen LogP contribution < -0.4 is 0 Å². The molecule has 0 N–H and O–H groups in total. The summed E-state index contributed by atoms with van der Waals surface area (Å²) < 4.78 is 13.7. The molecule has 4 rings (SSSR count). The molecule has 0 aliphatic carbocycles. The minimum atomic E-state index is -0.459. The van der Waals surface area contributed by atoms with Gasteiger partial charge in [0.15, 0.2) is 0 Å². The van der Waals surface area contributed by atoms with Crippen LogP contribution in [-0.2, 0) is 11.2 Å². The number of benzene rings is 2. The molecule has 0 radical (unpaired) electrons. The van der Waals surface area contributed by atoms with Crippen molar-refractivity contribution in [1.29, 1.82) is 0 Å². The highest BCUT2D eigenvalue weighted by Crippen LogP contribution is 2.38. The van der Waals surface area contributed by atoms with Gasteiger partial charge in [-0.25, -0.2) is 4.39 Å². The Labute approximate surface area is 192 Å². The van der Waals surface area contributed by atoms with Crippen LogP contribution in [0.4, 0.5) is 4.39 Å². The summed E-state index contributed by atoms with van der Waals surface area (Å²) in [4.78, 5) is 31.3. The van der Waals surface area contributed by atoms with Gasteiger partial charge in [0.1, 0.15) is 12.4 Å². The Hall–Kier alpha value is -2.99. The summed E-state index contributed by atoms with van der Waals surface area (Å²) in [7, 11) is 0. The second-order valence-corrected chi connectivity index (χ2v) is 9.19. The van der Waals surface area contributed by atoms with Crippen molar-refractivity contribution >= 4 is 23.2 Å². The van der Waals surface area contributed by atoms with Crippen LogP contribution in [0.25, 0.3) is 0 Å². The summed E-state index contributed by atoms with van der Waals surface area (Å²) in [5, 5.41) is 2.08. The van der Waals surface area contributed by atoms with E-state index in [0.29, 0.717) is 19.5 Å². The predicted molar refractivity (Wildman–Crippen MR) is 125 cm³/mol. The van der Waals surface area contributed by atoms with E-state index < -0.39 is 5.82 Å². The number of amides is 2. The molecule has 32 heavy (non-hydrogen) atoms. The van der Waals surface area contributed by atoms with Gasteiger partial charge in [-0.1, -0.05) is 42.8 Å². The van der Waals surface area contributed by atoms with Gasteiger partial charge in [-0.3, -0.25) is 9.59 Å². The summed E-state index contributed by atoms with van der Waals surface area (Å²) in [6.07, 6.45) is 1.52. The monoisotopic (exact) mass is 450 g/mol. The fourth-order valence-corrected chi connectivity index (χ4v) is 5.18. The Morgan fingerprint density at radius 2 is 1.94 bits per heavy atom. The Bertz CT molecular complexity index is 1110. The Balaban J connectivity index is 1.61. The number of nitrogens with zero attached hydrogens (tertiary/aromatic N) is 2. The minimum absolute atomic E-state index is 0.0228. The zero-order chi connectivity index (χ0) is 22.7. The lowest BCUT2D eigenvalue weighted by Gasteiger charge is -2.37. The fourth-order valence-electron chi connectivity index (χ4n) is 4.27. The summed E-state index contributed by atoms with van der Waals surface area (Å²) in [6.45, 7) is 5.03.